The topological polar surface area (TPSA) is 79.1 Å². The third kappa shape index (κ3) is 6.87. The lowest BCUT2D eigenvalue weighted by atomic mass is 9.85. The first-order chi connectivity index (χ1) is 21.6. The standard InChI is InChI=1S/C38H32N4O2/c1-3-5-6-7-22-42-35-18-16-28(12-14-30-10-8-20-40-26-30)23-32(35)37(34(25-39)38(43)44-4-2)33-24-29(17-19-36(33)42)13-15-31-11-9-21-41-27-31/h8-11,16-21,23-24,26-27H,3-7,22H2,1-2H3. The molecule has 3 heterocycles. The lowest BCUT2D eigenvalue weighted by Gasteiger charge is -2.35. The van der Waals surface area contributed by atoms with Crippen LogP contribution in [0.4, 0.5) is 11.4 Å². The van der Waals surface area contributed by atoms with Gasteiger partial charge in [0, 0.05) is 81.7 Å². The SMILES string of the molecule is CCCCCCN1c2ccc(C#Cc3cccnc3)cc2C(=C(C#N)C(=O)OCC)c2cc(C#Cc3cccnc3)ccc21. The van der Waals surface area contributed by atoms with E-state index in [1.807, 2.05) is 60.7 Å². The Morgan fingerprint density at radius 3 is 1.82 bits per heavy atom. The summed E-state index contributed by atoms with van der Waals surface area (Å²) in [5.41, 5.74) is 6.94. The number of carbonyl (C=O) groups is 1. The third-order valence-corrected chi connectivity index (χ3v) is 7.22. The lowest BCUT2D eigenvalue weighted by Crippen LogP contribution is -2.25. The molecule has 44 heavy (non-hydrogen) atoms. The van der Waals surface area contributed by atoms with Crippen molar-refractivity contribution in [1.29, 1.82) is 5.26 Å². The molecule has 1 aliphatic rings. The Morgan fingerprint density at radius 2 is 1.34 bits per heavy atom. The number of benzene rings is 2. The number of ether oxygens (including phenoxy) is 1. The van der Waals surface area contributed by atoms with Crippen LogP contribution in [0, 0.1) is 35.0 Å². The maximum atomic E-state index is 13.2. The normalized spacial score (nSPS) is 11.1. The summed E-state index contributed by atoms with van der Waals surface area (Å²) in [6.45, 7) is 4.88. The zero-order valence-electron chi connectivity index (χ0n) is 24.9. The van der Waals surface area contributed by atoms with Crippen molar-refractivity contribution < 1.29 is 9.53 Å². The van der Waals surface area contributed by atoms with Crippen molar-refractivity contribution in [2.24, 2.45) is 0 Å². The van der Waals surface area contributed by atoms with Crippen molar-refractivity contribution in [2.45, 2.75) is 39.5 Å². The molecule has 5 rings (SSSR count). The average Bonchev–Trinajstić information content (AvgIpc) is 3.06. The fourth-order valence-electron chi connectivity index (χ4n) is 5.15. The molecule has 6 heteroatoms. The van der Waals surface area contributed by atoms with E-state index in [9.17, 15) is 10.1 Å². The summed E-state index contributed by atoms with van der Waals surface area (Å²) in [5.74, 6) is 12.1. The van der Waals surface area contributed by atoms with E-state index in [1.165, 1.54) is 0 Å². The minimum absolute atomic E-state index is 0.0466. The predicted molar refractivity (Wildman–Crippen MR) is 173 cm³/mol. The zero-order valence-corrected chi connectivity index (χ0v) is 24.9. The third-order valence-electron chi connectivity index (χ3n) is 7.22. The first-order valence-corrected chi connectivity index (χ1v) is 14.8. The first kappa shape index (κ1) is 29.8. The van der Waals surface area contributed by atoms with Gasteiger partial charge in [0.2, 0.25) is 0 Å². The Balaban J connectivity index is 1.70. The molecule has 0 spiro atoms. The van der Waals surface area contributed by atoms with Crippen LogP contribution in [-0.4, -0.2) is 29.1 Å². The monoisotopic (exact) mass is 576 g/mol. The second kappa shape index (κ2) is 14.5. The fourth-order valence-corrected chi connectivity index (χ4v) is 5.15. The Bertz CT molecular complexity index is 1740. The van der Waals surface area contributed by atoms with Crippen LogP contribution in [0.2, 0.25) is 0 Å². The summed E-state index contributed by atoms with van der Waals surface area (Å²) >= 11 is 0. The number of nitriles is 1. The Morgan fingerprint density at radius 1 is 0.773 bits per heavy atom. The Kier molecular flexibility index (Phi) is 9.83. The molecule has 216 valence electrons. The molecule has 6 nitrogen and oxygen atoms in total. The van der Waals surface area contributed by atoms with Crippen LogP contribution in [0.3, 0.4) is 0 Å². The van der Waals surface area contributed by atoms with Crippen molar-refractivity contribution in [3.05, 3.63) is 124 Å². The van der Waals surface area contributed by atoms with Gasteiger partial charge in [-0.2, -0.15) is 5.26 Å². The number of anilines is 2. The van der Waals surface area contributed by atoms with Gasteiger partial charge in [-0.1, -0.05) is 49.9 Å². The van der Waals surface area contributed by atoms with Gasteiger partial charge < -0.3 is 9.64 Å². The van der Waals surface area contributed by atoms with Gasteiger partial charge in [0.15, 0.2) is 0 Å². The molecular formula is C38H32N4O2. The summed E-state index contributed by atoms with van der Waals surface area (Å²) in [4.78, 5) is 23.8. The molecule has 0 saturated carbocycles. The summed E-state index contributed by atoms with van der Waals surface area (Å²) in [6.07, 6.45) is 11.3. The molecular weight excluding hydrogens is 544 g/mol. The maximum Gasteiger partial charge on any atom is 0.349 e. The van der Waals surface area contributed by atoms with Gasteiger partial charge in [-0.05, 0) is 74.0 Å². The number of hydrogen-bond acceptors (Lipinski definition) is 6. The first-order valence-electron chi connectivity index (χ1n) is 14.8. The average molecular weight is 577 g/mol. The number of fused-ring (bicyclic) bond motifs is 2. The molecule has 0 aliphatic carbocycles. The highest BCUT2D eigenvalue weighted by Crippen LogP contribution is 2.47. The van der Waals surface area contributed by atoms with E-state index in [4.69, 9.17) is 4.74 Å². The van der Waals surface area contributed by atoms with Crippen molar-refractivity contribution in [2.75, 3.05) is 18.1 Å². The molecule has 0 atom stereocenters. The summed E-state index contributed by atoms with van der Waals surface area (Å²) in [7, 11) is 0. The summed E-state index contributed by atoms with van der Waals surface area (Å²) in [6, 6.07) is 21.6. The highest BCUT2D eigenvalue weighted by Gasteiger charge is 2.31. The maximum absolute atomic E-state index is 13.2. The Labute approximate surface area is 259 Å². The van der Waals surface area contributed by atoms with Crippen LogP contribution < -0.4 is 4.90 Å². The second-order valence-electron chi connectivity index (χ2n) is 10.2. The lowest BCUT2D eigenvalue weighted by molar-refractivity contribution is -0.137. The minimum atomic E-state index is -0.656. The van der Waals surface area contributed by atoms with Crippen molar-refractivity contribution in [3.8, 4) is 29.8 Å². The molecule has 0 amide bonds. The van der Waals surface area contributed by atoms with Gasteiger partial charge in [-0.3, -0.25) is 9.97 Å². The van der Waals surface area contributed by atoms with Gasteiger partial charge >= 0.3 is 5.97 Å². The number of rotatable bonds is 7. The molecule has 2 aromatic carbocycles. The quantitative estimate of drug-likeness (QED) is 0.0761. The van der Waals surface area contributed by atoms with Gasteiger partial charge in [0.1, 0.15) is 11.6 Å². The van der Waals surface area contributed by atoms with Gasteiger partial charge in [0.05, 0.1) is 6.61 Å². The summed E-state index contributed by atoms with van der Waals surface area (Å²) < 4.78 is 5.37. The van der Waals surface area contributed by atoms with E-state index < -0.39 is 5.97 Å². The van der Waals surface area contributed by atoms with Crippen molar-refractivity contribution >= 4 is 22.9 Å². The van der Waals surface area contributed by atoms with E-state index in [0.717, 1.165) is 77.0 Å². The van der Waals surface area contributed by atoms with E-state index in [1.54, 1.807) is 31.7 Å². The van der Waals surface area contributed by atoms with Crippen molar-refractivity contribution in [3.63, 3.8) is 0 Å². The fraction of sp³-hybridized carbons (Fsp3) is 0.211. The van der Waals surface area contributed by atoms with Gasteiger partial charge in [-0.15, -0.1) is 0 Å². The molecule has 0 fully saturated rings. The number of hydrogen-bond donors (Lipinski definition) is 0. The highest BCUT2D eigenvalue weighted by atomic mass is 16.5. The van der Waals surface area contributed by atoms with Gasteiger partial charge in [0.25, 0.3) is 0 Å². The highest BCUT2D eigenvalue weighted by molar-refractivity contribution is 6.10. The number of aromatic nitrogens is 2. The van der Waals surface area contributed by atoms with Crippen LogP contribution in [0.1, 0.15) is 72.9 Å². The predicted octanol–water partition coefficient (Wildman–Crippen LogP) is 7.20. The Hall–Kier alpha value is -5.64. The smallest absolute Gasteiger partial charge is 0.349 e. The van der Waals surface area contributed by atoms with Crippen LogP contribution in [0.5, 0.6) is 0 Å². The van der Waals surface area contributed by atoms with E-state index in [-0.39, 0.29) is 12.2 Å². The second-order valence-corrected chi connectivity index (χ2v) is 10.2. The largest absolute Gasteiger partial charge is 0.462 e. The zero-order chi connectivity index (χ0) is 30.7. The van der Waals surface area contributed by atoms with Crippen molar-refractivity contribution in [1.82, 2.24) is 9.97 Å². The van der Waals surface area contributed by atoms with Crippen LogP contribution in [0.15, 0.2) is 91.0 Å². The van der Waals surface area contributed by atoms with Crippen LogP contribution in [-0.2, 0) is 9.53 Å². The molecule has 1 aliphatic heterocycles. The molecule has 0 unspecified atom stereocenters. The van der Waals surface area contributed by atoms with E-state index >= 15 is 0 Å². The summed E-state index contributed by atoms with van der Waals surface area (Å²) in [5, 5.41) is 10.3. The molecule has 0 radical (unpaired) electrons. The number of nitrogens with zero attached hydrogens (tertiary/aromatic N) is 4. The van der Waals surface area contributed by atoms with E-state index in [0.29, 0.717) is 5.57 Å². The molecule has 0 bridgehead atoms. The molecule has 0 saturated heterocycles. The molecule has 2 aromatic heterocycles. The molecule has 4 aromatic rings. The molecule has 0 N–H and O–H groups in total. The number of pyridine rings is 2. The number of esters is 1. The van der Waals surface area contributed by atoms with E-state index in [2.05, 4.69) is 51.5 Å². The van der Waals surface area contributed by atoms with Crippen LogP contribution in [0.25, 0.3) is 5.57 Å². The van der Waals surface area contributed by atoms with Gasteiger partial charge in [-0.25, -0.2) is 4.79 Å². The van der Waals surface area contributed by atoms with Crippen LogP contribution >= 0.6 is 0 Å². The minimum Gasteiger partial charge on any atom is -0.462 e. The number of carbonyl (C=O) groups excluding carboxylic acids is 1. The number of unbranched alkanes of at least 4 members (excludes halogenated alkanes) is 3.